The number of ether oxygens (including phenoxy) is 1. The summed E-state index contributed by atoms with van der Waals surface area (Å²) in [5, 5.41) is 0. The molecule has 1 rings (SSSR count). The Hall–Kier alpha value is -1.16. The lowest BCUT2D eigenvalue weighted by molar-refractivity contribution is -0.128. The minimum atomic E-state index is -0.487. The molecule has 0 aliphatic carbocycles. The second-order valence-corrected chi connectivity index (χ2v) is 2.75. The minimum absolute atomic E-state index is 0.406. The molecule has 0 radical (unpaired) electrons. The van der Waals surface area contributed by atoms with E-state index in [0.29, 0.717) is 10.4 Å². The summed E-state index contributed by atoms with van der Waals surface area (Å²) in [5.41, 5.74) is 0. The molecule has 0 saturated carbocycles. The average Bonchev–Trinajstić information content (AvgIpc) is 2.09. The van der Waals surface area contributed by atoms with Crippen LogP contribution in [0.3, 0.4) is 0 Å². The van der Waals surface area contributed by atoms with E-state index < -0.39 is 5.97 Å². The highest BCUT2D eigenvalue weighted by atomic mass is 79.9. The first kappa shape index (κ1) is 8.93. The first-order valence-electron chi connectivity index (χ1n) is 3.18. The molecule has 4 heteroatoms. The van der Waals surface area contributed by atoms with Crippen LogP contribution in [0, 0.1) is 0 Å². The zero-order valence-electron chi connectivity index (χ0n) is 6.16. The van der Waals surface area contributed by atoms with Crippen molar-refractivity contribution in [1.82, 2.24) is 4.98 Å². The lowest BCUT2D eigenvalue weighted by Gasteiger charge is -1.98. The lowest BCUT2D eigenvalue weighted by atomic mass is 10.5. The standard InChI is InChI=1S/C8H6BrNO2/c1-2-8(11)12-6-3-4-7(9)10-5-6/h2-5H,1H2. The maximum absolute atomic E-state index is 10.7. The first-order valence-corrected chi connectivity index (χ1v) is 3.97. The molecule has 0 atom stereocenters. The molecule has 0 aromatic carbocycles. The van der Waals surface area contributed by atoms with Crippen molar-refractivity contribution in [3.8, 4) is 5.75 Å². The Morgan fingerprint density at radius 3 is 2.92 bits per heavy atom. The first-order chi connectivity index (χ1) is 5.72. The molecule has 0 bridgehead atoms. The van der Waals surface area contributed by atoms with Crippen molar-refractivity contribution in [3.63, 3.8) is 0 Å². The van der Waals surface area contributed by atoms with Crippen molar-refractivity contribution in [3.05, 3.63) is 35.6 Å². The molecule has 0 aliphatic heterocycles. The summed E-state index contributed by atoms with van der Waals surface area (Å²) in [7, 11) is 0. The third kappa shape index (κ3) is 2.47. The fourth-order valence-electron chi connectivity index (χ4n) is 0.580. The normalized spacial score (nSPS) is 9.08. The van der Waals surface area contributed by atoms with Gasteiger partial charge in [0.2, 0.25) is 0 Å². The van der Waals surface area contributed by atoms with Gasteiger partial charge < -0.3 is 4.74 Å². The Balaban J connectivity index is 2.71. The molecule has 1 aromatic heterocycles. The summed E-state index contributed by atoms with van der Waals surface area (Å²) >= 11 is 3.16. The number of pyridine rings is 1. The molecule has 0 amide bonds. The van der Waals surface area contributed by atoms with E-state index in [0.717, 1.165) is 6.08 Å². The van der Waals surface area contributed by atoms with Crippen LogP contribution >= 0.6 is 15.9 Å². The van der Waals surface area contributed by atoms with Gasteiger partial charge >= 0.3 is 5.97 Å². The lowest BCUT2D eigenvalue weighted by Crippen LogP contribution is -2.02. The Morgan fingerprint density at radius 1 is 1.67 bits per heavy atom. The highest BCUT2D eigenvalue weighted by Crippen LogP contribution is 2.12. The van der Waals surface area contributed by atoms with Gasteiger partial charge in [-0.25, -0.2) is 9.78 Å². The van der Waals surface area contributed by atoms with Crippen LogP contribution in [0.4, 0.5) is 0 Å². The quantitative estimate of drug-likeness (QED) is 0.441. The number of carbonyl (C=O) groups excluding carboxylic acids is 1. The van der Waals surface area contributed by atoms with Crippen LogP contribution in [0.1, 0.15) is 0 Å². The zero-order chi connectivity index (χ0) is 8.97. The molecule has 0 aliphatic rings. The molecule has 0 unspecified atom stereocenters. The van der Waals surface area contributed by atoms with E-state index in [2.05, 4.69) is 27.5 Å². The molecule has 1 heterocycles. The fraction of sp³-hybridized carbons (Fsp3) is 0. The summed E-state index contributed by atoms with van der Waals surface area (Å²) in [5.74, 6) is -0.0813. The predicted molar refractivity (Wildman–Crippen MR) is 47.8 cm³/mol. The van der Waals surface area contributed by atoms with Gasteiger partial charge in [-0.15, -0.1) is 0 Å². The zero-order valence-corrected chi connectivity index (χ0v) is 7.74. The number of carbonyl (C=O) groups is 1. The van der Waals surface area contributed by atoms with Gasteiger partial charge in [0.1, 0.15) is 10.4 Å². The van der Waals surface area contributed by atoms with Gasteiger partial charge in [-0.1, -0.05) is 6.58 Å². The maximum atomic E-state index is 10.7. The molecule has 3 nitrogen and oxygen atoms in total. The third-order valence-electron chi connectivity index (χ3n) is 1.09. The van der Waals surface area contributed by atoms with E-state index >= 15 is 0 Å². The number of rotatable bonds is 2. The van der Waals surface area contributed by atoms with Gasteiger partial charge in [0.05, 0.1) is 6.20 Å². The summed E-state index contributed by atoms with van der Waals surface area (Å²) in [4.78, 5) is 14.6. The number of hydrogen-bond acceptors (Lipinski definition) is 3. The monoisotopic (exact) mass is 227 g/mol. The summed E-state index contributed by atoms with van der Waals surface area (Å²) in [6, 6.07) is 3.32. The van der Waals surface area contributed by atoms with Crippen LogP contribution in [-0.2, 0) is 4.79 Å². The van der Waals surface area contributed by atoms with Gasteiger partial charge in [-0.05, 0) is 28.1 Å². The number of aromatic nitrogens is 1. The highest BCUT2D eigenvalue weighted by molar-refractivity contribution is 9.10. The van der Waals surface area contributed by atoms with Crippen molar-refractivity contribution < 1.29 is 9.53 Å². The van der Waals surface area contributed by atoms with Gasteiger partial charge in [0.15, 0.2) is 0 Å². The van der Waals surface area contributed by atoms with Gasteiger partial charge in [0.25, 0.3) is 0 Å². The van der Waals surface area contributed by atoms with Crippen molar-refractivity contribution in [2.75, 3.05) is 0 Å². The molecule has 12 heavy (non-hydrogen) atoms. The van der Waals surface area contributed by atoms with Crippen LogP contribution < -0.4 is 4.74 Å². The summed E-state index contributed by atoms with van der Waals surface area (Å²) in [6.07, 6.45) is 2.55. The largest absolute Gasteiger partial charge is 0.422 e. The second-order valence-electron chi connectivity index (χ2n) is 1.94. The van der Waals surface area contributed by atoms with Crippen LogP contribution in [0.5, 0.6) is 5.75 Å². The molecule has 0 fully saturated rings. The number of hydrogen-bond donors (Lipinski definition) is 0. The third-order valence-corrected chi connectivity index (χ3v) is 1.55. The van der Waals surface area contributed by atoms with Crippen LogP contribution in [-0.4, -0.2) is 11.0 Å². The second kappa shape index (κ2) is 4.01. The Morgan fingerprint density at radius 2 is 2.42 bits per heavy atom. The van der Waals surface area contributed by atoms with Crippen molar-refractivity contribution in [2.45, 2.75) is 0 Å². The molecular weight excluding hydrogens is 222 g/mol. The van der Waals surface area contributed by atoms with Crippen molar-refractivity contribution >= 4 is 21.9 Å². The van der Waals surface area contributed by atoms with E-state index in [1.807, 2.05) is 0 Å². The molecular formula is C8H6BrNO2. The van der Waals surface area contributed by atoms with E-state index in [9.17, 15) is 4.79 Å². The molecule has 62 valence electrons. The Bertz CT molecular complexity index is 294. The van der Waals surface area contributed by atoms with Crippen molar-refractivity contribution in [1.29, 1.82) is 0 Å². The molecule has 0 saturated heterocycles. The van der Waals surface area contributed by atoms with Gasteiger partial charge in [0, 0.05) is 6.08 Å². The SMILES string of the molecule is C=CC(=O)Oc1ccc(Br)nc1. The predicted octanol–water partition coefficient (Wildman–Crippen LogP) is 1.94. The average molecular weight is 228 g/mol. The smallest absolute Gasteiger partial charge is 0.335 e. The maximum Gasteiger partial charge on any atom is 0.335 e. The topological polar surface area (TPSA) is 39.2 Å². The van der Waals surface area contributed by atoms with E-state index in [-0.39, 0.29) is 0 Å². The Labute approximate surface area is 78.2 Å². The van der Waals surface area contributed by atoms with Gasteiger partial charge in [-0.3, -0.25) is 0 Å². The summed E-state index contributed by atoms with van der Waals surface area (Å²) in [6.45, 7) is 3.27. The van der Waals surface area contributed by atoms with E-state index in [1.54, 1.807) is 12.1 Å². The van der Waals surface area contributed by atoms with Gasteiger partial charge in [-0.2, -0.15) is 0 Å². The highest BCUT2D eigenvalue weighted by Gasteiger charge is 1.98. The number of esters is 1. The van der Waals surface area contributed by atoms with Crippen LogP contribution in [0.15, 0.2) is 35.6 Å². The van der Waals surface area contributed by atoms with E-state index in [1.165, 1.54) is 6.20 Å². The molecule has 0 N–H and O–H groups in total. The molecule has 1 aromatic rings. The number of nitrogens with zero attached hydrogens (tertiary/aromatic N) is 1. The van der Waals surface area contributed by atoms with Crippen LogP contribution in [0.2, 0.25) is 0 Å². The summed E-state index contributed by atoms with van der Waals surface area (Å²) < 4.78 is 5.47. The fourth-order valence-corrected chi connectivity index (χ4v) is 0.815. The molecule has 0 spiro atoms. The van der Waals surface area contributed by atoms with E-state index in [4.69, 9.17) is 4.74 Å². The van der Waals surface area contributed by atoms with Crippen LogP contribution in [0.25, 0.3) is 0 Å². The minimum Gasteiger partial charge on any atom is -0.422 e. The Kier molecular flexibility index (Phi) is 2.99. The van der Waals surface area contributed by atoms with Crippen molar-refractivity contribution in [2.24, 2.45) is 0 Å². The number of halogens is 1.